The van der Waals surface area contributed by atoms with Crippen LogP contribution < -0.4 is 14.4 Å². The third kappa shape index (κ3) is 8.31. The van der Waals surface area contributed by atoms with Crippen molar-refractivity contribution in [2.24, 2.45) is 0 Å². The maximum Gasteiger partial charge on any atom is 0.264 e. The van der Waals surface area contributed by atoms with Crippen molar-refractivity contribution in [1.82, 2.24) is 10.2 Å². The molecule has 1 N–H and O–H groups in total. The van der Waals surface area contributed by atoms with Crippen molar-refractivity contribution in [1.29, 1.82) is 0 Å². The largest absolute Gasteiger partial charge is 0.494 e. The van der Waals surface area contributed by atoms with Gasteiger partial charge in [0.1, 0.15) is 18.3 Å². The molecule has 0 spiro atoms. The first kappa shape index (κ1) is 33.5. The molecular weight excluding hydrogens is 621 g/mol. The van der Waals surface area contributed by atoms with Crippen molar-refractivity contribution < 1.29 is 22.7 Å². The summed E-state index contributed by atoms with van der Waals surface area (Å²) in [5, 5.41) is 3.87. The van der Waals surface area contributed by atoms with E-state index in [1.165, 1.54) is 29.2 Å². The van der Waals surface area contributed by atoms with Gasteiger partial charge in [-0.15, -0.1) is 0 Å². The lowest BCUT2D eigenvalue weighted by molar-refractivity contribution is -0.139. The lowest BCUT2D eigenvalue weighted by atomic mass is 10.1. The number of sulfonamides is 1. The second-order valence-corrected chi connectivity index (χ2v) is 12.7. The lowest BCUT2D eigenvalue weighted by Gasteiger charge is -2.33. The standard InChI is InChI=1S/C30H34Cl3N3O5S/c1-5-20(3)34-30(38)21(4)35(18-26-27(32)8-7-9-28(26)33)29(37)19-36(23-12-14-24(15-13-23)41-6-2)42(39,40)25-16-10-22(31)11-17-25/h7-17,20-21H,5-6,18-19H2,1-4H3,(H,34,38)/t20-,21-/m0/s1. The average molecular weight is 655 g/mol. The number of carbonyl (C=O) groups excluding carboxylic acids is 2. The Bertz CT molecular complexity index is 1460. The number of anilines is 1. The zero-order valence-electron chi connectivity index (χ0n) is 23.8. The number of nitrogens with zero attached hydrogens (tertiary/aromatic N) is 2. The van der Waals surface area contributed by atoms with Crippen molar-refractivity contribution in [3.63, 3.8) is 0 Å². The molecule has 0 heterocycles. The highest BCUT2D eigenvalue weighted by atomic mass is 35.5. The van der Waals surface area contributed by atoms with Gasteiger partial charge in [0, 0.05) is 33.2 Å². The van der Waals surface area contributed by atoms with Crippen molar-refractivity contribution >= 4 is 62.3 Å². The second kappa shape index (κ2) is 15.0. The van der Waals surface area contributed by atoms with Crippen LogP contribution in [0.2, 0.25) is 15.1 Å². The van der Waals surface area contributed by atoms with Crippen LogP contribution in [-0.2, 0) is 26.2 Å². The van der Waals surface area contributed by atoms with E-state index in [-0.39, 0.29) is 23.2 Å². The molecule has 0 aliphatic heterocycles. The van der Waals surface area contributed by atoms with Gasteiger partial charge in [0.05, 0.1) is 17.2 Å². The number of hydrogen-bond donors (Lipinski definition) is 1. The number of halogens is 3. The number of ether oxygens (including phenoxy) is 1. The molecule has 3 aromatic rings. The fraction of sp³-hybridized carbons (Fsp3) is 0.333. The summed E-state index contributed by atoms with van der Waals surface area (Å²) in [5.41, 5.74) is 0.666. The predicted molar refractivity (Wildman–Crippen MR) is 168 cm³/mol. The molecule has 3 aromatic carbocycles. The molecule has 2 amide bonds. The highest BCUT2D eigenvalue weighted by molar-refractivity contribution is 7.92. The van der Waals surface area contributed by atoms with Crippen molar-refractivity contribution in [3.05, 3.63) is 87.4 Å². The third-order valence-corrected chi connectivity index (χ3v) is 9.42. The maximum atomic E-state index is 14.1. The van der Waals surface area contributed by atoms with E-state index in [1.807, 2.05) is 20.8 Å². The summed E-state index contributed by atoms with van der Waals surface area (Å²) in [4.78, 5) is 28.5. The minimum Gasteiger partial charge on any atom is -0.494 e. The molecule has 0 aliphatic carbocycles. The van der Waals surface area contributed by atoms with Gasteiger partial charge >= 0.3 is 0 Å². The number of carbonyl (C=O) groups is 2. The Balaban J connectivity index is 2.07. The lowest BCUT2D eigenvalue weighted by Crippen LogP contribution is -2.52. The van der Waals surface area contributed by atoms with Gasteiger partial charge in [0.15, 0.2) is 0 Å². The van der Waals surface area contributed by atoms with Crippen LogP contribution in [0.4, 0.5) is 5.69 Å². The van der Waals surface area contributed by atoms with Crippen LogP contribution in [0, 0.1) is 0 Å². The molecule has 0 fully saturated rings. The molecule has 0 bridgehead atoms. The Labute approximate surface area is 262 Å². The Morgan fingerprint density at radius 3 is 2.05 bits per heavy atom. The zero-order valence-corrected chi connectivity index (χ0v) is 26.9. The van der Waals surface area contributed by atoms with E-state index in [0.717, 1.165) is 4.31 Å². The number of rotatable bonds is 13. The molecule has 3 rings (SSSR count). The average Bonchev–Trinajstić information content (AvgIpc) is 2.96. The summed E-state index contributed by atoms with van der Waals surface area (Å²) >= 11 is 18.9. The Morgan fingerprint density at radius 2 is 1.50 bits per heavy atom. The first-order chi connectivity index (χ1) is 19.9. The molecule has 0 aliphatic rings. The van der Waals surface area contributed by atoms with Gasteiger partial charge in [-0.25, -0.2) is 8.42 Å². The van der Waals surface area contributed by atoms with Crippen molar-refractivity contribution in [2.75, 3.05) is 17.5 Å². The first-order valence-electron chi connectivity index (χ1n) is 13.4. The van der Waals surface area contributed by atoms with Gasteiger partial charge in [-0.05, 0) is 87.9 Å². The highest BCUT2D eigenvalue weighted by Crippen LogP contribution is 2.29. The van der Waals surface area contributed by atoms with E-state index in [2.05, 4.69) is 5.32 Å². The summed E-state index contributed by atoms with van der Waals surface area (Å²) in [5.74, 6) is -0.486. The summed E-state index contributed by atoms with van der Waals surface area (Å²) < 4.78 is 34.4. The molecule has 42 heavy (non-hydrogen) atoms. The molecule has 12 heteroatoms. The molecule has 0 unspecified atom stereocenters. The molecule has 226 valence electrons. The minimum atomic E-state index is -4.25. The summed E-state index contributed by atoms with van der Waals surface area (Å²) in [7, 11) is -4.25. The Morgan fingerprint density at radius 1 is 0.905 bits per heavy atom. The quantitative estimate of drug-likeness (QED) is 0.225. The van der Waals surface area contributed by atoms with Crippen LogP contribution in [0.5, 0.6) is 5.75 Å². The number of nitrogens with one attached hydrogen (secondary N) is 1. The van der Waals surface area contributed by atoms with Gasteiger partial charge in [-0.1, -0.05) is 47.8 Å². The van der Waals surface area contributed by atoms with E-state index in [9.17, 15) is 18.0 Å². The molecule has 0 radical (unpaired) electrons. The van der Waals surface area contributed by atoms with Crippen LogP contribution in [0.15, 0.2) is 71.6 Å². The van der Waals surface area contributed by atoms with Gasteiger partial charge in [0.2, 0.25) is 11.8 Å². The smallest absolute Gasteiger partial charge is 0.264 e. The van der Waals surface area contributed by atoms with Crippen LogP contribution >= 0.6 is 34.8 Å². The summed E-state index contributed by atoms with van der Waals surface area (Å²) in [6.07, 6.45) is 0.688. The molecule has 0 saturated carbocycles. The van der Waals surface area contributed by atoms with E-state index in [0.29, 0.717) is 39.4 Å². The Kier molecular flexibility index (Phi) is 11.9. The third-order valence-electron chi connectivity index (χ3n) is 6.67. The number of amides is 2. The summed E-state index contributed by atoms with van der Waals surface area (Å²) in [6.45, 7) is 6.90. The second-order valence-electron chi connectivity index (χ2n) is 9.61. The van der Waals surface area contributed by atoms with E-state index < -0.39 is 34.4 Å². The predicted octanol–water partition coefficient (Wildman–Crippen LogP) is 6.57. The fourth-order valence-electron chi connectivity index (χ4n) is 4.04. The van der Waals surface area contributed by atoms with E-state index in [4.69, 9.17) is 39.5 Å². The van der Waals surface area contributed by atoms with E-state index in [1.54, 1.807) is 49.4 Å². The van der Waals surface area contributed by atoms with Crippen LogP contribution in [0.25, 0.3) is 0 Å². The topological polar surface area (TPSA) is 96.0 Å². The normalized spacial score (nSPS) is 12.7. The van der Waals surface area contributed by atoms with Crippen LogP contribution in [0.3, 0.4) is 0 Å². The highest BCUT2D eigenvalue weighted by Gasteiger charge is 2.33. The molecule has 8 nitrogen and oxygen atoms in total. The van der Waals surface area contributed by atoms with Crippen LogP contribution in [0.1, 0.15) is 39.7 Å². The fourth-order valence-corrected chi connectivity index (χ4v) is 6.10. The molecule has 0 aromatic heterocycles. The monoisotopic (exact) mass is 653 g/mol. The molecular formula is C30H34Cl3N3O5S. The maximum absolute atomic E-state index is 14.1. The van der Waals surface area contributed by atoms with Crippen molar-refractivity contribution in [2.45, 2.75) is 57.6 Å². The van der Waals surface area contributed by atoms with E-state index >= 15 is 0 Å². The SMILES string of the molecule is CCOc1ccc(N(CC(=O)N(Cc2c(Cl)cccc2Cl)[C@@H](C)C(=O)N[C@@H](C)CC)S(=O)(=O)c2ccc(Cl)cc2)cc1. The molecule has 2 atom stereocenters. The van der Waals surface area contributed by atoms with Crippen LogP contribution in [-0.4, -0.2) is 50.4 Å². The first-order valence-corrected chi connectivity index (χ1v) is 16.0. The van der Waals surface area contributed by atoms with Gasteiger partial charge in [-0.3, -0.25) is 13.9 Å². The van der Waals surface area contributed by atoms with Gasteiger partial charge in [-0.2, -0.15) is 0 Å². The van der Waals surface area contributed by atoms with Crippen molar-refractivity contribution in [3.8, 4) is 5.75 Å². The minimum absolute atomic E-state index is 0.0585. The van der Waals surface area contributed by atoms with Gasteiger partial charge in [0.25, 0.3) is 10.0 Å². The number of hydrogen-bond acceptors (Lipinski definition) is 5. The number of benzene rings is 3. The molecule has 0 saturated heterocycles. The zero-order chi connectivity index (χ0) is 31.0. The summed E-state index contributed by atoms with van der Waals surface area (Å²) in [6, 6.07) is 15.8. The Hall–Kier alpha value is -2.98. The van der Waals surface area contributed by atoms with Gasteiger partial charge < -0.3 is 15.0 Å².